The van der Waals surface area contributed by atoms with Gasteiger partial charge in [0.2, 0.25) is 5.95 Å². The number of carbonyl (C=O) groups is 1. The number of rotatable bonds is 3. The van der Waals surface area contributed by atoms with Gasteiger partial charge in [0.05, 0.1) is 25.5 Å². The molecule has 26 heavy (non-hydrogen) atoms. The Labute approximate surface area is 151 Å². The fraction of sp³-hybridized carbons (Fsp3) is 0.556. The molecule has 8 nitrogen and oxygen atoms in total. The van der Waals surface area contributed by atoms with E-state index in [1.165, 1.54) is 0 Å². The normalized spacial score (nSPS) is 20.2. The van der Waals surface area contributed by atoms with E-state index in [-0.39, 0.29) is 5.91 Å². The van der Waals surface area contributed by atoms with Crippen LogP contribution in [0.1, 0.15) is 46.3 Å². The van der Waals surface area contributed by atoms with Gasteiger partial charge >= 0.3 is 0 Å². The van der Waals surface area contributed by atoms with E-state index in [2.05, 4.69) is 15.0 Å². The number of nitrogens with zero attached hydrogens (tertiary/aromatic N) is 5. The van der Waals surface area contributed by atoms with Gasteiger partial charge in [0.25, 0.3) is 5.91 Å². The molecule has 0 N–H and O–H groups in total. The van der Waals surface area contributed by atoms with Crippen LogP contribution >= 0.6 is 0 Å². The molecule has 0 radical (unpaired) electrons. The number of ether oxygens (including phenoxy) is 1. The first kappa shape index (κ1) is 15.7. The minimum Gasteiger partial charge on any atom is -0.378 e. The quantitative estimate of drug-likeness (QED) is 0.822. The molecule has 0 spiro atoms. The van der Waals surface area contributed by atoms with E-state index < -0.39 is 0 Å². The highest BCUT2D eigenvalue weighted by molar-refractivity contribution is 5.92. The molecular formula is C18H21N5O3. The third kappa shape index (κ3) is 2.94. The third-order valence-corrected chi connectivity index (χ3v) is 5.24. The van der Waals surface area contributed by atoms with Crippen LogP contribution in [0, 0.1) is 0 Å². The molecule has 1 amide bonds. The third-order valence-electron chi connectivity index (χ3n) is 5.24. The summed E-state index contributed by atoms with van der Waals surface area (Å²) in [5.41, 5.74) is 2.44. The van der Waals surface area contributed by atoms with Gasteiger partial charge in [-0.3, -0.25) is 4.79 Å². The average Bonchev–Trinajstić information content (AvgIpc) is 3.44. The van der Waals surface area contributed by atoms with Crippen molar-refractivity contribution in [2.45, 2.75) is 31.7 Å². The molecule has 4 heterocycles. The molecule has 0 bridgehead atoms. The number of carbonyl (C=O) groups excluding carboxylic acids is 1. The van der Waals surface area contributed by atoms with Crippen LogP contribution in [0.4, 0.5) is 5.95 Å². The first-order valence-electron chi connectivity index (χ1n) is 9.21. The van der Waals surface area contributed by atoms with Crippen LogP contribution in [0.2, 0.25) is 0 Å². The van der Waals surface area contributed by atoms with Gasteiger partial charge in [0, 0.05) is 37.8 Å². The van der Waals surface area contributed by atoms with Gasteiger partial charge in [-0.2, -0.15) is 0 Å². The number of aromatic nitrogens is 3. The van der Waals surface area contributed by atoms with E-state index in [4.69, 9.17) is 14.2 Å². The average molecular weight is 355 g/mol. The molecule has 2 fully saturated rings. The van der Waals surface area contributed by atoms with E-state index in [0.717, 1.165) is 55.3 Å². The van der Waals surface area contributed by atoms with Gasteiger partial charge in [0.1, 0.15) is 5.76 Å². The maximum atomic E-state index is 12.8. The summed E-state index contributed by atoms with van der Waals surface area (Å²) in [5.74, 6) is 1.93. The van der Waals surface area contributed by atoms with Crippen molar-refractivity contribution in [2.75, 3.05) is 37.7 Å². The van der Waals surface area contributed by atoms with Gasteiger partial charge < -0.3 is 19.1 Å². The van der Waals surface area contributed by atoms with Crippen LogP contribution in [0.3, 0.4) is 0 Å². The van der Waals surface area contributed by atoms with Crippen LogP contribution in [0.25, 0.3) is 0 Å². The largest absolute Gasteiger partial charge is 0.378 e. The lowest BCUT2D eigenvalue weighted by atomic mass is 10.1. The Hall–Kier alpha value is -2.48. The van der Waals surface area contributed by atoms with Crippen molar-refractivity contribution >= 4 is 11.9 Å². The topological polar surface area (TPSA) is 84.6 Å². The van der Waals surface area contributed by atoms with Crippen molar-refractivity contribution in [2.24, 2.45) is 0 Å². The molecule has 8 heteroatoms. The minimum atomic E-state index is -0.0853. The fourth-order valence-corrected chi connectivity index (χ4v) is 3.49. The number of hydrogen-bond acceptors (Lipinski definition) is 7. The summed E-state index contributed by atoms with van der Waals surface area (Å²) in [7, 11) is 0. The summed E-state index contributed by atoms with van der Waals surface area (Å²) in [4.78, 5) is 25.9. The summed E-state index contributed by atoms with van der Waals surface area (Å²) in [6.45, 7) is 4.12. The van der Waals surface area contributed by atoms with Crippen molar-refractivity contribution in [1.29, 1.82) is 0 Å². The highest BCUT2D eigenvalue weighted by Crippen LogP contribution is 2.40. The van der Waals surface area contributed by atoms with Crippen LogP contribution in [0.5, 0.6) is 0 Å². The van der Waals surface area contributed by atoms with Gasteiger partial charge in [0.15, 0.2) is 5.69 Å². The summed E-state index contributed by atoms with van der Waals surface area (Å²) in [5, 5.41) is 3.98. The van der Waals surface area contributed by atoms with Crippen molar-refractivity contribution in [3.8, 4) is 0 Å². The molecule has 5 rings (SSSR count). The highest BCUT2D eigenvalue weighted by atomic mass is 16.5. The molecule has 0 aromatic carbocycles. The zero-order chi connectivity index (χ0) is 17.5. The van der Waals surface area contributed by atoms with Gasteiger partial charge in [-0.1, -0.05) is 5.16 Å². The molecule has 2 aliphatic heterocycles. The van der Waals surface area contributed by atoms with E-state index in [0.29, 0.717) is 37.9 Å². The zero-order valence-corrected chi connectivity index (χ0v) is 14.6. The Kier molecular flexibility index (Phi) is 3.85. The molecule has 1 saturated heterocycles. The summed E-state index contributed by atoms with van der Waals surface area (Å²) < 4.78 is 10.7. The molecule has 0 unspecified atom stereocenters. The monoisotopic (exact) mass is 355 g/mol. The number of fused-ring (bicyclic) bond motifs is 1. The highest BCUT2D eigenvalue weighted by Gasteiger charge is 2.31. The first-order chi connectivity index (χ1) is 12.8. The molecule has 136 valence electrons. The Bertz CT molecular complexity index is 826. The molecule has 2 aromatic rings. The van der Waals surface area contributed by atoms with E-state index in [9.17, 15) is 4.79 Å². The van der Waals surface area contributed by atoms with Crippen LogP contribution in [-0.2, 0) is 17.7 Å². The number of morpholine rings is 1. The molecule has 1 aliphatic carbocycles. The number of hydrogen-bond donors (Lipinski definition) is 0. The molecule has 2 aromatic heterocycles. The summed E-state index contributed by atoms with van der Waals surface area (Å²) in [6.07, 6.45) is 4.91. The Morgan fingerprint density at radius 1 is 1.19 bits per heavy atom. The smallest absolute Gasteiger partial charge is 0.276 e. The fourth-order valence-electron chi connectivity index (χ4n) is 3.49. The maximum Gasteiger partial charge on any atom is 0.276 e. The molecule has 1 saturated carbocycles. The van der Waals surface area contributed by atoms with Gasteiger partial charge in [-0.05, 0) is 24.8 Å². The zero-order valence-electron chi connectivity index (χ0n) is 14.6. The second kappa shape index (κ2) is 6.35. The molecule has 3 aliphatic rings. The predicted molar refractivity (Wildman–Crippen MR) is 92.0 cm³/mol. The van der Waals surface area contributed by atoms with Crippen molar-refractivity contribution in [3.05, 3.63) is 35.0 Å². The maximum absolute atomic E-state index is 12.8. The van der Waals surface area contributed by atoms with Crippen molar-refractivity contribution in [1.82, 2.24) is 20.0 Å². The standard InChI is InChI=1S/C18H21N5O3/c24-17(14-9-16(26-21-14)12-1-2-12)23-4-3-13-10-19-18(20-15(13)11-23)22-5-7-25-8-6-22/h9-10,12H,1-8,11H2. The lowest BCUT2D eigenvalue weighted by Crippen LogP contribution is -2.39. The van der Waals surface area contributed by atoms with E-state index >= 15 is 0 Å². The number of anilines is 1. The minimum absolute atomic E-state index is 0.0853. The second-order valence-electron chi connectivity index (χ2n) is 7.11. The predicted octanol–water partition coefficient (Wildman–Crippen LogP) is 1.38. The SMILES string of the molecule is O=C(c1cc(C2CC2)on1)N1CCc2cnc(N3CCOCC3)nc2C1. The Balaban J connectivity index is 1.33. The number of amides is 1. The Morgan fingerprint density at radius 3 is 2.85 bits per heavy atom. The first-order valence-corrected chi connectivity index (χ1v) is 9.21. The van der Waals surface area contributed by atoms with Crippen LogP contribution < -0.4 is 4.90 Å². The van der Waals surface area contributed by atoms with Gasteiger partial charge in [-0.15, -0.1) is 0 Å². The second-order valence-corrected chi connectivity index (χ2v) is 7.11. The molecule has 0 atom stereocenters. The van der Waals surface area contributed by atoms with Gasteiger partial charge in [-0.25, -0.2) is 9.97 Å². The lowest BCUT2D eigenvalue weighted by Gasteiger charge is -2.30. The summed E-state index contributed by atoms with van der Waals surface area (Å²) >= 11 is 0. The summed E-state index contributed by atoms with van der Waals surface area (Å²) in [6, 6.07) is 1.80. The van der Waals surface area contributed by atoms with Crippen molar-refractivity contribution in [3.63, 3.8) is 0 Å². The van der Waals surface area contributed by atoms with Crippen molar-refractivity contribution < 1.29 is 14.1 Å². The van der Waals surface area contributed by atoms with Crippen LogP contribution in [0.15, 0.2) is 16.8 Å². The van der Waals surface area contributed by atoms with E-state index in [1.807, 2.05) is 6.20 Å². The Morgan fingerprint density at radius 2 is 2.04 bits per heavy atom. The molecular weight excluding hydrogens is 334 g/mol. The van der Waals surface area contributed by atoms with E-state index in [1.54, 1.807) is 11.0 Å². The van der Waals surface area contributed by atoms with Crippen LogP contribution in [-0.4, -0.2) is 58.8 Å². The lowest BCUT2D eigenvalue weighted by molar-refractivity contribution is 0.0721.